The van der Waals surface area contributed by atoms with Crippen molar-refractivity contribution >= 4 is 39.8 Å². The number of hydrogen-bond donors (Lipinski definition) is 0. The van der Waals surface area contributed by atoms with Crippen LogP contribution in [-0.2, 0) is 17.8 Å². The molecule has 6 rings (SSSR count). The molecule has 0 bridgehead atoms. The van der Waals surface area contributed by atoms with Crippen molar-refractivity contribution in [2.75, 3.05) is 63.2 Å². The number of hydrogen-bond acceptors (Lipinski definition) is 8. The van der Waals surface area contributed by atoms with Crippen LogP contribution in [0.5, 0.6) is 6.01 Å². The number of benzene rings is 2. The third kappa shape index (κ3) is 6.69. The first-order chi connectivity index (χ1) is 22.4. The average molecular weight is 668 g/mol. The van der Waals surface area contributed by atoms with Crippen LogP contribution in [0.25, 0.3) is 10.8 Å². The molecular formula is C34H37ClF3N7O2. The standard InChI is InChI=1S/C34H37ClF3N7O2/c1-22(36)31(46)45-15-14-44(16-24(45)10-12-39)30-25-11-13-43(28-9-5-7-23-6-4-8-26(35)29(23)28)17-27(25)40-32(41-30)47-21-33(20-42(2)3)18-34(37,38)19-33/h4-9,24H,1,10-11,13-21H2,2-3H3. The molecule has 47 heavy (non-hydrogen) atoms. The van der Waals surface area contributed by atoms with E-state index in [2.05, 4.69) is 17.5 Å². The van der Waals surface area contributed by atoms with Gasteiger partial charge in [-0.1, -0.05) is 42.4 Å². The molecule has 1 aromatic heterocycles. The summed E-state index contributed by atoms with van der Waals surface area (Å²) in [4.78, 5) is 29.6. The molecule has 0 spiro atoms. The summed E-state index contributed by atoms with van der Waals surface area (Å²) in [5.41, 5.74) is 1.86. The molecule has 2 aromatic carbocycles. The number of piperazine rings is 1. The molecule has 1 amide bonds. The van der Waals surface area contributed by atoms with Crippen LogP contribution in [0, 0.1) is 16.7 Å². The van der Waals surface area contributed by atoms with E-state index in [4.69, 9.17) is 26.3 Å². The van der Waals surface area contributed by atoms with Gasteiger partial charge < -0.3 is 24.3 Å². The molecular weight excluding hydrogens is 631 g/mol. The van der Waals surface area contributed by atoms with Gasteiger partial charge in [-0.05, 0) is 38.0 Å². The molecule has 248 valence electrons. The Hall–Kier alpha value is -4.08. The summed E-state index contributed by atoms with van der Waals surface area (Å²) in [5, 5.41) is 12.1. The van der Waals surface area contributed by atoms with Gasteiger partial charge in [0.25, 0.3) is 5.91 Å². The third-order valence-electron chi connectivity index (χ3n) is 9.22. The summed E-state index contributed by atoms with van der Waals surface area (Å²) in [5.74, 6) is -4.03. The van der Waals surface area contributed by atoms with Gasteiger partial charge in [0.15, 0.2) is 5.83 Å². The minimum absolute atomic E-state index is 0.00301. The molecule has 13 heteroatoms. The van der Waals surface area contributed by atoms with Crippen LogP contribution in [0.15, 0.2) is 48.8 Å². The Bertz CT molecular complexity index is 1730. The Balaban J connectivity index is 1.35. The molecule has 2 aliphatic heterocycles. The van der Waals surface area contributed by atoms with Gasteiger partial charge in [0.1, 0.15) is 5.82 Å². The van der Waals surface area contributed by atoms with Crippen molar-refractivity contribution in [2.24, 2.45) is 5.41 Å². The number of rotatable bonds is 9. The van der Waals surface area contributed by atoms with Gasteiger partial charge in [0.05, 0.1) is 42.4 Å². The quantitative estimate of drug-likeness (QED) is 0.272. The predicted molar refractivity (Wildman–Crippen MR) is 175 cm³/mol. The van der Waals surface area contributed by atoms with E-state index in [9.17, 15) is 23.2 Å². The summed E-state index contributed by atoms with van der Waals surface area (Å²) in [6.45, 7) is 5.44. The van der Waals surface area contributed by atoms with Gasteiger partial charge in [0.2, 0.25) is 5.92 Å². The first kappa shape index (κ1) is 32.8. The van der Waals surface area contributed by atoms with Crippen molar-refractivity contribution in [2.45, 2.75) is 44.2 Å². The number of amides is 1. The second kappa shape index (κ2) is 12.8. The summed E-state index contributed by atoms with van der Waals surface area (Å²) in [6.07, 6.45) is 0.0313. The van der Waals surface area contributed by atoms with E-state index in [0.29, 0.717) is 43.4 Å². The van der Waals surface area contributed by atoms with Crippen LogP contribution in [0.3, 0.4) is 0 Å². The van der Waals surface area contributed by atoms with Crippen molar-refractivity contribution in [1.29, 1.82) is 5.26 Å². The van der Waals surface area contributed by atoms with Crippen LogP contribution in [0.2, 0.25) is 5.02 Å². The summed E-state index contributed by atoms with van der Waals surface area (Å²) < 4.78 is 48.3. The number of carbonyl (C=O) groups excluding carboxylic acids is 1. The molecule has 2 fully saturated rings. The fourth-order valence-corrected chi connectivity index (χ4v) is 7.68. The number of alkyl halides is 2. The van der Waals surface area contributed by atoms with Crippen molar-refractivity contribution in [3.63, 3.8) is 0 Å². The molecule has 0 radical (unpaired) electrons. The highest BCUT2D eigenvalue weighted by molar-refractivity contribution is 6.36. The molecule has 9 nitrogen and oxygen atoms in total. The van der Waals surface area contributed by atoms with Crippen LogP contribution >= 0.6 is 11.6 Å². The first-order valence-electron chi connectivity index (χ1n) is 15.6. The van der Waals surface area contributed by atoms with E-state index < -0.39 is 29.1 Å². The number of nitrogens with zero attached hydrogens (tertiary/aromatic N) is 7. The van der Waals surface area contributed by atoms with Gasteiger partial charge >= 0.3 is 6.01 Å². The maximum absolute atomic E-state index is 14.1. The molecule has 0 N–H and O–H groups in total. The summed E-state index contributed by atoms with van der Waals surface area (Å²) >= 11 is 6.67. The molecule has 1 atom stereocenters. The topological polar surface area (TPSA) is 88.8 Å². The zero-order valence-corrected chi connectivity index (χ0v) is 27.2. The Kier molecular flexibility index (Phi) is 8.98. The van der Waals surface area contributed by atoms with Gasteiger partial charge in [-0.25, -0.2) is 13.2 Å². The lowest BCUT2D eigenvalue weighted by Gasteiger charge is -2.48. The van der Waals surface area contributed by atoms with E-state index >= 15 is 0 Å². The number of halogens is 4. The second-order valence-electron chi connectivity index (χ2n) is 13.1. The first-order valence-corrected chi connectivity index (χ1v) is 16.0. The number of carbonyl (C=O) groups is 1. The minimum atomic E-state index is -2.74. The molecule has 1 unspecified atom stereocenters. The van der Waals surface area contributed by atoms with Gasteiger partial charge in [0, 0.05) is 67.6 Å². The lowest BCUT2D eigenvalue weighted by molar-refractivity contribution is -0.178. The molecule has 3 aromatic rings. The highest BCUT2D eigenvalue weighted by atomic mass is 35.5. The molecule has 3 heterocycles. The van der Waals surface area contributed by atoms with Crippen LogP contribution < -0.4 is 14.5 Å². The van der Waals surface area contributed by atoms with Crippen molar-refractivity contribution in [1.82, 2.24) is 19.8 Å². The monoisotopic (exact) mass is 667 g/mol. The van der Waals surface area contributed by atoms with Crippen LogP contribution in [0.4, 0.5) is 24.7 Å². The molecule has 1 aliphatic carbocycles. The average Bonchev–Trinajstić information content (AvgIpc) is 3.01. The second-order valence-corrected chi connectivity index (χ2v) is 13.6. The van der Waals surface area contributed by atoms with Crippen molar-refractivity contribution in [3.8, 4) is 12.1 Å². The van der Waals surface area contributed by atoms with E-state index in [-0.39, 0.29) is 45.0 Å². The highest BCUT2D eigenvalue weighted by Crippen LogP contribution is 2.52. The van der Waals surface area contributed by atoms with E-state index in [1.54, 1.807) is 0 Å². The zero-order valence-electron chi connectivity index (χ0n) is 26.5. The molecule has 1 saturated carbocycles. The highest BCUT2D eigenvalue weighted by Gasteiger charge is 2.57. The number of nitriles is 1. The van der Waals surface area contributed by atoms with Crippen molar-refractivity contribution < 1.29 is 22.7 Å². The predicted octanol–water partition coefficient (Wildman–Crippen LogP) is 5.62. The third-order valence-corrected chi connectivity index (χ3v) is 9.54. The summed E-state index contributed by atoms with van der Waals surface area (Å²) in [6, 6.07) is 13.4. The molecule has 1 saturated heterocycles. The summed E-state index contributed by atoms with van der Waals surface area (Å²) in [7, 11) is 3.69. The van der Waals surface area contributed by atoms with Gasteiger partial charge in [-0.15, -0.1) is 0 Å². The Morgan fingerprint density at radius 2 is 1.89 bits per heavy atom. The Morgan fingerprint density at radius 3 is 2.57 bits per heavy atom. The van der Waals surface area contributed by atoms with E-state index in [0.717, 1.165) is 27.7 Å². The van der Waals surface area contributed by atoms with E-state index in [1.807, 2.05) is 60.3 Å². The largest absolute Gasteiger partial charge is 0.463 e. The van der Waals surface area contributed by atoms with E-state index in [1.165, 1.54) is 4.90 Å². The van der Waals surface area contributed by atoms with Crippen LogP contribution in [-0.4, -0.2) is 91.1 Å². The smallest absolute Gasteiger partial charge is 0.318 e. The lowest BCUT2D eigenvalue weighted by Crippen LogP contribution is -2.56. The van der Waals surface area contributed by atoms with Crippen molar-refractivity contribution in [3.05, 3.63) is 65.1 Å². The lowest BCUT2D eigenvalue weighted by atomic mass is 9.66. The Labute approximate surface area is 277 Å². The fraction of sp³-hybridized carbons (Fsp3) is 0.471. The number of aromatic nitrogens is 2. The number of ether oxygens (including phenoxy) is 1. The number of fused-ring (bicyclic) bond motifs is 2. The number of anilines is 2. The minimum Gasteiger partial charge on any atom is -0.463 e. The fourth-order valence-electron chi connectivity index (χ4n) is 7.40. The maximum atomic E-state index is 14.1. The SMILES string of the molecule is C=C(F)C(=O)N1CCN(c2nc(OCC3(CN(C)C)CC(F)(F)C3)nc3c2CCN(c2cccc4cccc(Cl)c24)C3)CC1CC#N. The normalized spacial score (nSPS) is 20.0. The van der Waals surface area contributed by atoms with Gasteiger partial charge in [-0.3, -0.25) is 4.79 Å². The maximum Gasteiger partial charge on any atom is 0.318 e. The van der Waals surface area contributed by atoms with Gasteiger partial charge in [-0.2, -0.15) is 15.2 Å². The molecule has 3 aliphatic rings. The van der Waals surface area contributed by atoms with Crippen LogP contribution in [0.1, 0.15) is 30.5 Å². The zero-order chi connectivity index (χ0) is 33.5. The Morgan fingerprint density at radius 1 is 1.15 bits per heavy atom.